The van der Waals surface area contributed by atoms with Gasteiger partial charge in [0.1, 0.15) is 11.6 Å². The van der Waals surface area contributed by atoms with Gasteiger partial charge in [-0.1, -0.05) is 44.5 Å². The highest BCUT2D eigenvalue weighted by atomic mass is 19.1. The Kier molecular flexibility index (Phi) is 11.5. The van der Waals surface area contributed by atoms with Crippen molar-refractivity contribution < 1.29 is 13.6 Å². The molecule has 0 spiro atoms. The summed E-state index contributed by atoms with van der Waals surface area (Å²) < 4.78 is 26.6. The number of carbonyl (C=O) groups is 1. The van der Waals surface area contributed by atoms with Crippen LogP contribution in [-0.4, -0.2) is 23.6 Å². The molecule has 0 aliphatic heterocycles. The van der Waals surface area contributed by atoms with E-state index >= 15 is 0 Å². The molecular formula is C32H39F2N3O. The Hall–Kier alpha value is -3.51. The maximum Gasteiger partial charge on any atom is 0.251 e. The summed E-state index contributed by atoms with van der Waals surface area (Å²) in [7, 11) is 0. The molecule has 38 heavy (non-hydrogen) atoms. The van der Waals surface area contributed by atoms with E-state index in [1.807, 2.05) is 12.1 Å². The van der Waals surface area contributed by atoms with Gasteiger partial charge in [0.2, 0.25) is 0 Å². The second kappa shape index (κ2) is 15.0. The zero-order valence-corrected chi connectivity index (χ0v) is 22.7. The van der Waals surface area contributed by atoms with Crippen LogP contribution >= 0.6 is 0 Å². The second-order valence-corrected chi connectivity index (χ2v) is 9.54. The molecule has 1 aromatic heterocycles. The molecule has 0 unspecified atom stereocenters. The first-order valence-electron chi connectivity index (χ1n) is 13.5. The van der Waals surface area contributed by atoms with Gasteiger partial charge in [0.05, 0.1) is 0 Å². The minimum absolute atomic E-state index is 0.00357. The van der Waals surface area contributed by atoms with Gasteiger partial charge in [0, 0.05) is 48.4 Å². The fraction of sp³-hybridized carbons (Fsp3) is 0.344. The lowest BCUT2D eigenvalue weighted by atomic mass is 10.1. The van der Waals surface area contributed by atoms with Crippen molar-refractivity contribution in [2.24, 2.45) is 0 Å². The number of nitrogens with zero attached hydrogens (tertiary/aromatic N) is 1. The predicted octanol–water partition coefficient (Wildman–Crippen LogP) is 7.19. The van der Waals surface area contributed by atoms with Gasteiger partial charge < -0.3 is 15.2 Å². The zero-order valence-electron chi connectivity index (χ0n) is 22.7. The van der Waals surface area contributed by atoms with Crippen molar-refractivity contribution in [3.63, 3.8) is 0 Å². The molecule has 4 rings (SSSR count). The molecule has 202 valence electrons. The maximum absolute atomic E-state index is 12.5. The van der Waals surface area contributed by atoms with Gasteiger partial charge in [-0.15, -0.1) is 0 Å². The Bertz CT molecular complexity index is 1260. The summed E-state index contributed by atoms with van der Waals surface area (Å²) in [5, 5.41) is 7.62. The summed E-state index contributed by atoms with van der Waals surface area (Å²) in [6.45, 7) is 9.48. The highest BCUT2D eigenvalue weighted by Crippen LogP contribution is 2.18. The first-order chi connectivity index (χ1) is 18.4. The van der Waals surface area contributed by atoms with E-state index in [0.717, 1.165) is 49.5 Å². The second-order valence-electron chi connectivity index (χ2n) is 9.54. The smallest absolute Gasteiger partial charge is 0.251 e. The number of benzene rings is 3. The van der Waals surface area contributed by atoms with Crippen LogP contribution < -0.4 is 10.6 Å². The standard InChI is InChI=1S/C25H33N3O.C7H6F2/c1-3-5-15-28-16-12-22-18-23(10-11-24(22)28)25(29)27-14-7-13-26-19-21-9-6-8-20(4-2)17-21;1-5-2-6(8)4-7(9)3-5/h6,8-12,16-18,26H,3-5,7,13-15,19H2,1-2H3,(H,27,29);2-4H,1H3. The van der Waals surface area contributed by atoms with Crippen molar-refractivity contribution in [3.8, 4) is 0 Å². The number of hydrogen-bond donors (Lipinski definition) is 2. The minimum Gasteiger partial charge on any atom is -0.352 e. The van der Waals surface area contributed by atoms with E-state index in [1.165, 1.54) is 41.6 Å². The topological polar surface area (TPSA) is 46.1 Å². The molecule has 6 heteroatoms. The molecule has 0 saturated heterocycles. The van der Waals surface area contributed by atoms with E-state index in [0.29, 0.717) is 12.1 Å². The van der Waals surface area contributed by atoms with Gasteiger partial charge in [-0.2, -0.15) is 0 Å². The van der Waals surface area contributed by atoms with E-state index in [-0.39, 0.29) is 5.91 Å². The molecule has 0 saturated carbocycles. The largest absolute Gasteiger partial charge is 0.352 e. The molecule has 0 aliphatic rings. The highest BCUT2D eigenvalue weighted by Gasteiger charge is 2.08. The number of nitrogens with one attached hydrogen (secondary N) is 2. The first kappa shape index (κ1) is 29.1. The summed E-state index contributed by atoms with van der Waals surface area (Å²) in [6, 6.07) is 20.2. The molecule has 0 bridgehead atoms. The molecule has 0 atom stereocenters. The highest BCUT2D eigenvalue weighted by molar-refractivity contribution is 5.98. The quantitative estimate of drug-likeness (QED) is 0.206. The third-order valence-corrected chi connectivity index (χ3v) is 6.34. The molecule has 0 fully saturated rings. The fourth-order valence-corrected chi connectivity index (χ4v) is 4.27. The van der Waals surface area contributed by atoms with Crippen LogP contribution in [0.5, 0.6) is 0 Å². The van der Waals surface area contributed by atoms with E-state index < -0.39 is 11.6 Å². The Morgan fingerprint density at radius 1 is 0.868 bits per heavy atom. The zero-order chi connectivity index (χ0) is 27.3. The number of unbranched alkanes of at least 4 members (excludes halogenated alkanes) is 1. The van der Waals surface area contributed by atoms with Gasteiger partial charge in [0.15, 0.2) is 0 Å². The summed E-state index contributed by atoms with van der Waals surface area (Å²) in [5.74, 6) is -1.04. The molecule has 0 radical (unpaired) electrons. The van der Waals surface area contributed by atoms with E-state index in [1.54, 1.807) is 6.92 Å². The summed E-state index contributed by atoms with van der Waals surface area (Å²) >= 11 is 0. The number of hydrogen-bond acceptors (Lipinski definition) is 2. The van der Waals surface area contributed by atoms with Crippen LogP contribution in [0.2, 0.25) is 0 Å². The average molecular weight is 520 g/mol. The van der Waals surface area contributed by atoms with Crippen LogP contribution in [0.1, 0.15) is 60.2 Å². The number of aromatic nitrogens is 1. The van der Waals surface area contributed by atoms with Crippen LogP contribution in [0.4, 0.5) is 8.78 Å². The number of aryl methyl sites for hydroxylation is 3. The monoisotopic (exact) mass is 519 g/mol. The van der Waals surface area contributed by atoms with Crippen molar-refractivity contribution in [2.75, 3.05) is 13.1 Å². The Morgan fingerprint density at radius 3 is 2.34 bits per heavy atom. The summed E-state index contributed by atoms with van der Waals surface area (Å²) in [4.78, 5) is 12.5. The average Bonchev–Trinajstić information content (AvgIpc) is 3.31. The van der Waals surface area contributed by atoms with Gasteiger partial charge in [0.25, 0.3) is 5.91 Å². The van der Waals surface area contributed by atoms with Gasteiger partial charge in [-0.3, -0.25) is 4.79 Å². The molecule has 2 N–H and O–H groups in total. The molecule has 4 aromatic rings. The molecule has 4 nitrogen and oxygen atoms in total. The minimum atomic E-state index is -0.521. The number of amides is 1. The third kappa shape index (κ3) is 9.10. The molecule has 1 heterocycles. The molecule has 3 aromatic carbocycles. The Morgan fingerprint density at radius 2 is 1.63 bits per heavy atom. The number of carbonyl (C=O) groups excluding carboxylic acids is 1. The van der Waals surface area contributed by atoms with Gasteiger partial charge >= 0.3 is 0 Å². The lowest BCUT2D eigenvalue weighted by Gasteiger charge is -2.08. The maximum atomic E-state index is 12.5. The van der Waals surface area contributed by atoms with Crippen molar-refractivity contribution in [1.29, 1.82) is 0 Å². The lowest BCUT2D eigenvalue weighted by Crippen LogP contribution is -2.27. The number of fused-ring (bicyclic) bond motifs is 1. The Balaban J connectivity index is 0.000000375. The van der Waals surface area contributed by atoms with Crippen molar-refractivity contribution in [3.05, 3.63) is 107 Å². The fourth-order valence-electron chi connectivity index (χ4n) is 4.27. The number of halogens is 2. The molecule has 0 aliphatic carbocycles. The van der Waals surface area contributed by atoms with E-state index in [2.05, 4.69) is 71.6 Å². The summed E-state index contributed by atoms with van der Waals surface area (Å²) in [5.41, 5.74) is 5.22. The normalized spacial score (nSPS) is 10.8. The van der Waals surface area contributed by atoms with Crippen LogP contribution in [0.3, 0.4) is 0 Å². The number of rotatable bonds is 11. The third-order valence-electron chi connectivity index (χ3n) is 6.34. The van der Waals surface area contributed by atoms with Crippen molar-refractivity contribution in [2.45, 2.75) is 59.5 Å². The van der Waals surface area contributed by atoms with Crippen molar-refractivity contribution in [1.82, 2.24) is 15.2 Å². The van der Waals surface area contributed by atoms with Crippen LogP contribution in [0, 0.1) is 18.6 Å². The van der Waals surface area contributed by atoms with E-state index in [9.17, 15) is 13.6 Å². The van der Waals surface area contributed by atoms with Crippen LogP contribution in [0.25, 0.3) is 10.9 Å². The van der Waals surface area contributed by atoms with Crippen LogP contribution in [0.15, 0.2) is 72.9 Å². The SMILES string of the molecule is CCCCn1ccc2cc(C(=O)NCCCNCc3cccc(CC)c3)ccc21.Cc1cc(F)cc(F)c1. The van der Waals surface area contributed by atoms with E-state index in [4.69, 9.17) is 0 Å². The van der Waals surface area contributed by atoms with Crippen molar-refractivity contribution >= 4 is 16.8 Å². The summed E-state index contributed by atoms with van der Waals surface area (Å²) in [6.07, 6.45) is 6.44. The predicted molar refractivity (Wildman–Crippen MR) is 152 cm³/mol. The molecule has 1 amide bonds. The van der Waals surface area contributed by atoms with Crippen LogP contribution in [-0.2, 0) is 19.5 Å². The van der Waals surface area contributed by atoms with Gasteiger partial charge in [-0.25, -0.2) is 8.78 Å². The Labute approximate surface area is 225 Å². The molecular weight excluding hydrogens is 480 g/mol. The van der Waals surface area contributed by atoms with Gasteiger partial charge in [-0.05, 0) is 85.8 Å². The first-order valence-corrected chi connectivity index (χ1v) is 13.5. The lowest BCUT2D eigenvalue weighted by molar-refractivity contribution is 0.0953.